The van der Waals surface area contributed by atoms with Gasteiger partial charge in [0.15, 0.2) is 5.78 Å². The van der Waals surface area contributed by atoms with Crippen LogP contribution in [0.1, 0.15) is 16.8 Å². The molecule has 0 amide bonds. The second-order valence-electron chi connectivity index (χ2n) is 3.31. The van der Waals surface area contributed by atoms with Crippen molar-refractivity contribution in [2.24, 2.45) is 11.8 Å². The van der Waals surface area contributed by atoms with Gasteiger partial charge in [-0.3, -0.25) is 4.79 Å². The normalized spacial score (nSPS) is 24.8. The van der Waals surface area contributed by atoms with Crippen molar-refractivity contribution in [1.29, 1.82) is 5.26 Å². The van der Waals surface area contributed by atoms with Gasteiger partial charge in [-0.15, -0.1) is 0 Å². The van der Waals surface area contributed by atoms with Gasteiger partial charge >= 0.3 is 0 Å². The van der Waals surface area contributed by atoms with E-state index in [-0.39, 0.29) is 17.6 Å². The molecule has 0 heterocycles. The summed E-state index contributed by atoms with van der Waals surface area (Å²) < 4.78 is 0. The summed E-state index contributed by atoms with van der Waals surface area (Å²) in [6.07, 6.45) is 0.740. The number of ketones is 1. The predicted octanol–water partition coefficient (Wildman–Crippen LogP) is 2.03. The van der Waals surface area contributed by atoms with Gasteiger partial charge in [-0.25, -0.2) is 0 Å². The Bertz CT molecular complexity index is 363. The van der Waals surface area contributed by atoms with Crippen LogP contribution in [0.3, 0.4) is 0 Å². The Labute approximate surface area is 76.8 Å². The fraction of sp³-hybridized carbons (Fsp3) is 0.273. The fourth-order valence-electron chi connectivity index (χ4n) is 1.44. The van der Waals surface area contributed by atoms with Crippen LogP contribution in [0, 0.1) is 23.2 Å². The molecule has 2 heteroatoms. The maximum Gasteiger partial charge on any atom is 0.167 e. The Morgan fingerprint density at radius 2 is 2.08 bits per heavy atom. The molecule has 2 nitrogen and oxygen atoms in total. The number of benzene rings is 1. The van der Waals surface area contributed by atoms with Gasteiger partial charge in [-0.05, 0) is 6.42 Å². The second kappa shape index (κ2) is 3.02. The van der Waals surface area contributed by atoms with Crippen LogP contribution in [0.25, 0.3) is 0 Å². The van der Waals surface area contributed by atoms with Crippen molar-refractivity contribution in [2.45, 2.75) is 6.42 Å². The molecule has 2 atom stereocenters. The molecule has 0 N–H and O–H groups in total. The van der Waals surface area contributed by atoms with Crippen LogP contribution in [0.2, 0.25) is 0 Å². The van der Waals surface area contributed by atoms with E-state index in [9.17, 15) is 4.79 Å². The lowest BCUT2D eigenvalue weighted by Gasteiger charge is -1.96. The third kappa shape index (κ3) is 1.46. The van der Waals surface area contributed by atoms with Crippen LogP contribution in [-0.4, -0.2) is 5.78 Å². The highest BCUT2D eigenvalue weighted by molar-refractivity contribution is 5.99. The van der Waals surface area contributed by atoms with Crippen molar-refractivity contribution in [3.63, 3.8) is 0 Å². The molecular formula is C11H9NO. The molecule has 0 unspecified atom stereocenters. The minimum absolute atomic E-state index is 0.0345. The molecule has 0 saturated heterocycles. The highest BCUT2D eigenvalue weighted by Crippen LogP contribution is 2.40. The van der Waals surface area contributed by atoms with Crippen molar-refractivity contribution in [1.82, 2.24) is 0 Å². The SMILES string of the molecule is N#C[C@H]1C[C@@H]1C(=O)c1ccccc1. The van der Waals surface area contributed by atoms with E-state index in [1.54, 1.807) is 12.1 Å². The van der Waals surface area contributed by atoms with E-state index < -0.39 is 0 Å². The summed E-state index contributed by atoms with van der Waals surface area (Å²) >= 11 is 0. The number of nitrogens with zero attached hydrogens (tertiary/aromatic N) is 1. The van der Waals surface area contributed by atoms with Crippen LogP contribution in [-0.2, 0) is 0 Å². The Balaban J connectivity index is 2.13. The first kappa shape index (κ1) is 8.00. The van der Waals surface area contributed by atoms with E-state index in [1.165, 1.54) is 0 Å². The first-order valence-corrected chi connectivity index (χ1v) is 4.32. The molecule has 13 heavy (non-hydrogen) atoms. The maximum atomic E-state index is 11.6. The van der Waals surface area contributed by atoms with E-state index in [1.807, 2.05) is 18.2 Å². The number of nitriles is 1. The van der Waals surface area contributed by atoms with Gasteiger partial charge in [-0.1, -0.05) is 30.3 Å². The predicted molar refractivity (Wildman–Crippen MR) is 48.0 cm³/mol. The third-order valence-electron chi connectivity index (χ3n) is 2.35. The van der Waals surface area contributed by atoms with Crippen molar-refractivity contribution in [2.75, 3.05) is 0 Å². The molecular weight excluding hydrogens is 162 g/mol. The zero-order valence-corrected chi connectivity index (χ0v) is 7.10. The summed E-state index contributed by atoms with van der Waals surface area (Å²) in [6.45, 7) is 0. The minimum Gasteiger partial charge on any atom is -0.294 e. The number of rotatable bonds is 2. The maximum absolute atomic E-state index is 11.6. The van der Waals surface area contributed by atoms with Crippen molar-refractivity contribution in [3.05, 3.63) is 35.9 Å². The Morgan fingerprint density at radius 3 is 2.62 bits per heavy atom. The number of carbonyl (C=O) groups excluding carboxylic acids is 1. The van der Waals surface area contributed by atoms with Gasteiger partial charge < -0.3 is 0 Å². The monoisotopic (exact) mass is 171 g/mol. The van der Waals surface area contributed by atoms with Crippen molar-refractivity contribution in [3.8, 4) is 6.07 Å². The largest absolute Gasteiger partial charge is 0.294 e. The highest BCUT2D eigenvalue weighted by Gasteiger charge is 2.43. The van der Waals surface area contributed by atoms with E-state index in [0.717, 1.165) is 12.0 Å². The molecule has 1 saturated carbocycles. The topological polar surface area (TPSA) is 40.9 Å². The summed E-state index contributed by atoms with van der Waals surface area (Å²) in [7, 11) is 0. The molecule has 0 aliphatic heterocycles. The van der Waals surface area contributed by atoms with Crippen LogP contribution in [0.15, 0.2) is 30.3 Å². The average molecular weight is 171 g/mol. The molecule has 1 aliphatic carbocycles. The van der Waals surface area contributed by atoms with E-state index in [4.69, 9.17) is 5.26 Å². The van der Waals surface area contributed by atoms with Crippen LogP contribution in [0.5, 0.6) is 0 Å². The Hall–Kier alpha value is -1.62. The molecule has 1 fully saturated rings. The quantitative estimate of drug-likeness (QED) is 0.639. The second-order valence-corrected chi connectivity index (χ2v) is 3.31. The number of Topliss-reactive ketones (excluding diaryl/α,β-unsaturated/α-hetero) is 1. The number of hydrogen-bond acceptors (Lipinski definition) is 2. The van der Waals surface area contributed by atoms with Gasteiger partial charge in [0, 0.05) is 11.5 Å². The summed E-state index contributed by atoms with van der Waals surface area (Å²) in [4.78, 5) is 11.6. The van der Waals surface area contributed by atoms with E-state index in [2.05, 4.69) is 6.07 Å². The van der Waals surface area contributed by atoms with Gasteiger partial charge in [0.25, 0.3) is 0 Å². The van der Waals surface area contributed by atoms with Crippen molar-refractivity contribution < 1.29 is 4.79 Å². The zero-order valence-electron chi connectivity index (χ0n) is 7.10. The van der Waals surface area contributed by atoms with Crippen LogP contribution >= 0.6 is 0 Å². The average Bonchev–Trinajstić information content (AvgIpc) is 2.97. The summed E-state index contributed by atoms with van der Waals surface area (Å²) in [5.41, 5.74) is 0.727. The van der Waals surface area contributed by atoms with Gasteiger partial charge in [0.2, 0.25) is 0 Å². The Morgan fingerprint density at radius 1 is 1.38 bits per heavy atom. The van der Waals surface area contributed by atoms with Crippen molar-refractivity contribution >= 4 is 5.78 Å². The first-order valence-electron chi connectivity index (χ1n) is 4.32. The van der Waals surface area contributed by atoms with Gasteiger partial charge in [0.1, 0.15) is 0 Å². The molecule has 0 aromatic heterocycles. The lowest BCUT2D eigenvalue weighted by molar-refractivity contribution is 0.0964. The molecule has 0 radical (unpaired) electrons. The highest BCUT2D eigenvalue weighted by atomic mass is 16.1. The molecule has 1 aromatic carbocycles. The summed E-state index contributed by atoms with van der Waals surface area (Å²) in [6, 6.07) is 11.3. The van der Waals surface area contributed by atoms with E-state index in [0.29, 0.717) is 0 Å². The molecule has 2 rings (SSSR count). The first-order chi connectivity index (χ1) is 6.33. The molecule has 1 aliphatic rings. The lowest BCUT2D eigenvalue weighted by atomic mass is 10.1. The number of carbonyl (C=O) groups is 1. The standard InChI is InChI=1S/C11H9NO/c12-7-9-6-10(9)11(13)8-4-2-1-3-5-8/h1-5,9-10H,6H2/t9-,10+/m1/s1. The van der Waals surface area contributed by atoms with Gasteiger partial charge in [0.05, 0.1) is 12.0 Å². The smallest absolute Gasteiger partial charge is 0.167 e. The number of hydrogen-bond donors (Lipinski definition) is 0. The molecule has 64 valence electrons. The molecule has 1 aromatic rings. The molecule has 0 spiro atoms. The molecule has 0 bridgehead atoms. The van der Waals surface area contributed by atoms with Gasteiger partial charge in [-0.2, -0.15) is 5.26 Å². The fourth-order valence-corrected chi connectivity index (χ4v) is 1.44. The minimum atomic E-state index is -0.0348. The lowest BCUT2D eigenvalue weighted by Crippen LogP contribution is -2.02. The van der Waals surface area contributed by atoms with Crippen LogP contribution in [0.4, 0.5) is 0 Å². The summed E-state index contributed by atoms with van der Waals surface area (Å²) in [5.74, 6) is 0.0484. The van der Waals surface area contributed by atoms with E-state index >= 15 is 0 Å². The summed E-state index contributed by atoms with van der Waals surface area (Å²) in [5, 5.41) is 8.57. The zero-order chi connectivity index (χ0) is 9.26. The Kier molecular flexibility index (Phi) is 1.86. The third-order valence-corrected chi connectivity index (χ3v) is 2.35. The van der Waals surface area contributed by atoms with Crippen LogP contribution < -0.4 is 0 Å².